The second-order valence-corrected chi connectivity index (χ2v) is 15.3. The molecular formula is C46H82Br2N2. The van der Waals surface area contributed by atoms with E-state index in [9.17, 15) is 0 Å². The van der Waals surface area contributed by atoms with Gasteiger partial charge in [-0.2, -0.15) is 0 Å². The Morgan fingerprint density at radius 1 is 0.280 bits per heavy atom. The van der Waals surface area contributed by atoms with E-state index in [0.717, 1.165) is 13.1 Å². The van der Waals surface area contributed by atoms with E-state index in [1.807, 2.05) is 0 Å². The third kappa shape index (κ3) is 28.8. The summed E-state index contributed by atoms with van der Waals surface area (Å²) in [6.07, 6.45) is 54.9. The van der Waals surface area contributed by atoms with Crippen molar-refractivity contribution < 1.29 is 43.1 Å². The second-order valence-electron chi connectivity index (χ2n) is 15.3. The van der Waals surface area contributed by atoms with Gasteiger partial charge in [-0.15, -0.1) is 0 Å². The lowest BCUT2D eigenvalue weighted by molar-refractivity contribution is -0.697. The quantitative estimate of drug-likeness (QED) is 0.0488. The summed E-state index contributed by atoms with van der Waals surface area (Å²) in [5, 5.41) is 0. The molecule has 0 atom stereocenters. The van der Waals surface area contributed by atoms with Crippen LogP contribution in [0, 0.1) is 0 Å². The van der Waals surface area contributed by atoms with Gasteiger partial charge in [0.2, 0.25) is 0 Å². The van der Waals surface area contributed by atoms with Crippen LogP contribution in [0.4, 0.5) is 0 Å². The summed E-state index contributed by atoms with van der Waals surface area (Å²) in [6.45, 7) is 6.90. The van der Waals surface area contributed by atoms with Crippen molar-refractivity contribution in [2.75, 3.05) is 0 Å². The predicted octanol–water partition coefficient (Wildman–Crippen LogP) is 8.46. The van der Waals surface area contributed by atoms with Crippen molar-refractivity contribution in [3.63, 3.8) is 0 Å². The van der Waals surface area contributed by atoms with Crippen LogP contribution in [0.3, 0.4) is 0 Å². The number of aromatic nitrogens is 2. The van der Waals surface area contributed by atoms with Crippen LogP contribution in [-0.4, -0.2) is 0 Å². The van der Waals surface area contributed by atoms with Gasteiger partial charge in [-0.1, -0.05) is 194 Å². The van der Waals surface area contributed by atoms with Gasteiger partial charge in [0.05, 0.1) is 0 Å². The van der Waals surface area contributed by atoms with E-state index >= 15 is 0 Å². The normalized spacial score (nSPS) is 11.0. The number of hydrogen-bond acceptors (Lipinski definition) is 0. The summed E-state index contributed by atoms with van der Waals surface area (Å²) in [5.41, 5.74) is 2.65. The Labute approximate surface area is 334 Å². The summed E-state index contributed by atoms with van der Waals surface area (Å²) < 4.78 is 4.74. The fourth-order valence-corrected chi connectivity index (χ4v) is 7.28. The Balaban J connectivity index is 0.0000120. The van der Waals surface area contributed by atoms with Crippen LogP contribution in [0.5, 0.6) is 0 Å². The van der Waals surface area contributed by atoms with Crippen LogP contribution < -0.4 is 43.1 Å². The maximum absolute atomic E-state index is 2.37. The fourth-order valence-electron chi connectivity index (χ4n) is 7.28. The molecule has 0 saturated carbocycles. The summed E-state index contributed by atoms with van der Waals surface area (Å²) in [4.78, 5) is 0. The molecule has 0 radical (unpaired) electrons. The van der Waals surface area contributed by atoms with Crippen LogP contribution in [0.15, 0.2) is 49.1 Å². The number of hydrogen-bond donors (Lipinski definition) is 0. The van der Waals surface area contributed by atoms with E-state index in [2.05, 4.69) is 72.0 Å². The first-order chi connectivity index (χ1) is 23.8. The van der Waals surface area contributed by atoms with Crippen LogP contribution in [0.25, 0.3) is 11.1 Å². The lowest BCUT2D eigenvalue weighted by Gasteiger charge is -2.04. The highest BCUT2D eigenvalue weighted by Crippen LogP contribution is 2.17. The van der Waals surface area contributed by atoms with Crippen LogP contribution in [0.1, 0.15) is 219 Å². The largest absolute Gasteiger partial charge is 1.00 e. The Bertz CT molecular complexity index is 853. The lowest BCUT2D eigenvalue weighted by atomic mass is 10.0. The highest BCUT2D eigenvalue weighted by atomic mass is 79.9. The highest BCUT2D eigenvalue weighted by Gasteiger charge is 2.06. The standard InChI is InChI=1S/C46H82N2.2BrH/c1-3-5-7-9-11-13-15-17-19-21-23-25-27-29-31-33-39-47-41-35-45(36-42-47)46-37-43-48(44-38-46)40-34-32-30-28-26-24-22-20-18-16-14-12-10-8-6-4-2;;/h35-38,41-44H,3-34,39-40H2,1-2H3;2*1H/q+2;;/p-2. The highest BCUT2D eigenvalue weighted by molar-refractivity contribution is 5.60. The van der Waals surface area contributed by atoms with E-state index in [4.69, 9.17) is 0 Å². The minimum atomic E-state index is 0. The molecule has 290 valence electrons. The zero-order valence-corrected chi connectivity index (χ0v) is 36.5. The molecule has 0 aliphatic rings. The van der Waals surface area contributed by atoms with Crippen molar-refractivity contribution in [2.45, 2.75) is 232 Å². The van der Waals surface area contributed by atoms with E-state index in [0.29, 0.717) is 0 Å². The van der Waals surface area contributed by atoms with Gasteiger partial charge in [0, 0.05) is 37.1 Å². The Hall–Kier alpha value is -0.740. The molecule has 50 heavy (non-hydrogen) atoms. The topological polar surface area (TPSA) is 7.76 Å². The van der Waals surface area contributed by atoms with Crippen LogP contribution >= 0.6 is 0 Å². The molecule has 2 rings (SSSR count). The SMILES string of the molecule is CCCCCCCCCCCCCCCCCC[n+]1ccc(-c2cc[n+](CCCCCCCCCCCCCCCCCC)cc2)cc1.[Br-].[Br-]. The van der Waals surface area contributed by atoms with Crippen molar-refractivity contribution >= 4 is 0 Å². The van der Waals surface area contributed by atoms with Crippen molar-refractivity contribution in [1.29, 1.82) is 0 Å². The molecule has 0 fully saturated rings. The minimum absolute atomic E-state index is 0. The molecule has 0 aromatic carbocycles. The first-order valence-corrected chi connectivity index (χ1v) is 21.8. The van der Waals surface area contributed by atoms with Gasteiger partial charge in [-0.3, -0.25) is 0 Å². The van der Waals surface area contributed by atoms with Crippen LogP contribution in [-0.2, 0) is 13.1 Å². The van der Waals surface area contributed by atoms with Gasteiger partial charge in [-0.25, -0.2) is 9.13 Å². The van der Waals surface area contributed by atoms with Gasteiger partial charge in [-0.05, 0) is 24.0 Å². The number of aryl methyl sites for hydroxylation is 2. The summed E-state index contributed by atoms with van der Waals surface area (Å²) in [5.74, 6) is 0. The number of pyridine rings is 2. The maximum atomic E-state index is 2.37. The molecule has 0 spiro atoms. The third-order valence-corrected chi connectivity index (χ3v) is 10.7. The number of unbranched alkanes of at least 4 members (excludes halogenated alkanes) is 30. The summed E-state index contributed by atoms with van der Waals surface area (Å²) in [7, 11) is 0. The maximum Gasteiger partial charge on any atom is 0.169 e. The molecule has 0 unspecified atom stereocenters. The average Bonchev–Trinajstić information content (AvgIpc) is 3.12. The fraction of sp³-hybridized carbons (Fsp3) is 0.783. The van der Waals surface area contributed by atoms with E-state index in [1.165, 1.54) is 217 Å². The van der Waals surface area contributed by atoms with E-state index < -0.39 is 0 Å². The predicted molar refractivity (Wildman–Crippen MR) is 211 cm³/mol. The van der Waals surface area contributed by atoms with Crippen molar-refractivity contribution in [2.24, 2.45) is 0 Å². The summed E-state index contributed by atoms with van der Waals surface area (Å²) in [6, 6.07) is 9.17. The smallest absolute Gasteiger partial charge is 0.169 e. The van der Waals surface area contributed by atoms with Gasteiger partial charge in [0.15, 0.2) is 24.8 Å². The van der Waals surface area contributed by atoms with Gasteiger partial charge < -0.3 is 34.0 Å². The molecule has 0 aliphatic carbocycles. The van der Waals surface area contributed by atoms with Gasteiger partial charge in [0.1, 0.15) is 13.1 Å². The van der Waals surface area contributed by atoms with E-state index in [-0.39, 0.29) is 34.0 Å². The molecule has 2 aromatic heterocycles. The molecule has 2 aromatic rings. The minimum Gasteiger partial charge on any atom is -1.00 e. The Morgan fingerprint density at radius 3 is 0.660 bits per heavy atom. The Kier molecular flexibility index (Phi) is 37.4. The number of rotatable bonds is 35. The van der Waals surface area contributed by atoms with Gasteiger partial charge in [0.25, 0.3) is 0 Å². The van der Waals surface area contributed by atoms with Gasteiger partial charge >= 0.3 is 0 Å². The average molecular weight is 823 g/mol. The molecule has 0 amide bonds. The first kappa shape index (κ1) is 49.3. The molecule has 0 N–H and O–H groups in total. The molecule has 4 heteroatoms. The first-order valence-electron chi connectivity index (χ1n) is 21.8. The molecule has 0 aliphatic heterocycles. The Morgan fingerprint density at radius 2 is 0.460 bits per heavy atom. The number of halogens is 2. The van der Waals surface area contributed by atoms with E-state index in [1.54, 1.807) is 0 Å². The molecule has 0 bridgehead atoms. The van der Waals surface area contributed by atoms with Crippen LogP contribution in [0.2, 0.25) is 0 Å². The summed E-state index contributed by atoms with van der Waals surface area (Å²) >= 11 is 0. The van der Waals surface area contributed by atoms with Crippen molar-refractivity contribution in [1.82, 2.24) is 0 Å². The second kappa shape index (κ2) is 38.0. The van der Waals surface area contributed by atoms with Crippen molar-refractivity contribution in [3.05, 3.63) is 49.1 Å². The zero-order valence-electron chi connectivity index (χ0n) is 33.3. The zero-order chi connectivity index (χ0) is 34.0. The molecular weight excluding hydrogens is 740 g/mol. The monoisotopic (exact) mass is 820 g/mol. The molecule has 0 saturated heterocycles. The van der Waals surface area contributed by atoms with Crippen molar-refractivity contribution in [3.8, 4) is 11.1 Å². The third-order valence-electron chi connectivity index (χ3n) is 10.7. The molecule has 2 nitrogen and oxygen atoms in total. The molecule has 2 heterocycles. The lowest BCUT2D eigenvalue weighted by Crippen LogP contribution is -3.00. The number of nitrogens with zero attached hydrogens (tertiary/aromatic N) is 2.